The van der Waals surface area contributed by atoms with Crippen molar-refractivity contribution in [3.63, 3.8) is 0 Å². The Balaban J connectivity index is 2.77. The molecule has 0 atom stereocenters. The van der Waals surface area contributed by atoms with Crippen LogP contribution in [0.1, 0.15) is 26.6 Å². The molecule has 8 heteroatoms. The predicted molar refractivity (Wildman–Crippen MR) is 73.6 cm³/mol. The van der Waals surface area contributed by atoms with Gasteiger partial charge < -0.3 is 5.11 Å². The van der Waals surface area contributed by atoms with Crippen molar-refractivity contribution in [3.8, 4) is 6.07 Å². The molecule has 0 spiro atoms. The van der Waals surface area contributed by atoms with Crippen LogP contribution in [-0.4, -0.2) is 30.4 Å². The number of carboxylic acids is 1. The van der Waals surface area contributed by atoms with Crippen LogP contribution in [0.2, 0.25) is 0 Å². The summed E-state index contributed by atoms with van der Waals surface area (Å²) in [4.78, 5) is 31.1. The summed E-state index contributed by atoms with van der Waals surface area (Å²) in [5, 5.41) is 18.1. The summed E-state index contributed by atoms with van der Waals surface area (Å²) in [6.07, 6.45) is 1.26. The second-order valence-corrected chi connectivity index (χ2v) is 5.92. The van der Waals surface area contributed by atoms with Crippen LogP contribution in [0.4, 0.5) is 0 Å². The molecule has 2 aromatic heterocycles. The first-order chi connectivity index (χ1) is 9.73. The van der Waals surface area contributed by atoms with Crippen LogP contribution in [0.15, 0.2) is 11.0 Å². The van der Waals surface area contributed by atoms with Crippen molar-refractivity contribution in [2.45, 2.75) is 33.9 Å². The van der Waals surface area contributed by atoms with Crippen molar-refractivity contribution in [2.24, 2.45) is 5.41 Å². The van der Waals surface area contributed by atoms with E-state index >= 15 is 0 Å². The molecular formula is C13H15N5O3. The van der Waals surface area contributed by atoms with E-state index in [1.54, 1.807) is 0 Å². The van der Waals surface area contributed by atoms with Crippen LogP contribution in [0.5, 0.6) is 0 Å². The number of aromatic nitrogens is 4. The van der Waals surface area contributed by atoms with Gasteiger partial charge in [0.1, 0.15) is 18.0 Å². The highest BCUT2D eigenvalue weighted by Crippen LogP contribution is 2.19. The Bertz CT molecular complexity index is 804. The molecule has 0 saturated carbocycles. The monoisotopic (exact) mass is 289 g/mol. The lowest BCUT2D eigenvalue weighted by Crippen LogP contribution is -2.30. The highest BCUT2D eigenvalue weighted by Gasteiger charge is 2.21. The van der Waals surface area contributed by atoms with E-state index < -0.39 is 18.1 Å². The van der Waals surface area contributed by atoms with Gasteiger partial charge in [-0.1, -0.05) is 20.8 Å². The van der Waals surface area contributed by atoms with E-state index in [0.717, 1.165) is 4.68 Å². The van der Waals surface area contributed by atoms with Gasteiger partial charge in [0, 0.05) is 12.7 Å². The van der Waals surface area contributed by atoms with E-state index in [1.165, 1.54) is 10.9 Å². The number of hydrogen-bond acceptors (Lipinski definition) is 5. The smallest absolute Gasteiger partial charge is 0.325 e. The molecule has 2 heterocycles. The van der Waals surface area contributed by atoms with E-state index in [9.17, 15) is 9.59 Å². The first kappa shape index (κ1) is 14.7. The normalized spacial score (nSPS) is 11.5. The second kappa shape index (κ2) is 5.01. The van der Waals surface area contributed by atoms with Crippen molar-refractivity contribution in [1.29, 1.82) is 5.26 Å². The topological polar surface area (TPSA) is 114 Å². The van der Waals surface area contributed by atoms with Crippen molar-refractivity contribution >= 4 is 17.0 Å². The van der Waals surface area contributed by atoms with Gasteiger partial charge >= 0.3 is 5.97 Å². The molecule has 0 amide bonds. The van der Waals surface area contributed by atoms with Gasteiger partial charge in [0.2, 0.25) is 5.82 Å². The Morgan fingerprint density at radius 3 is 2.62 bits per heavy atom. The van der Waals surface area contributed by atoms with Crippen molar-refractivity contribution in [1.82, 2.24) is 19.3 Å². The molecule has 2 rings (SSSR count). The van der Waals surface area contributed by atoms with Crippen LogP contribution >= 0.6 is 0 Å². The van der Waals surface area contributed by atoms with Crippen LogP contribution in [0.3, 0.4) is 0 Å². The van der Waals surface area contributed by atoms with E-state index in [0.29, 0.717) is 6.54 Å². The summed E-state index contributed by atoms with van der Waals surface area (Å²) in [5.41, 5.74) is -0.389. The Kier molecular flexibility index (Phi) is 3.51. The minimum Gasteiger partial charge on any atom is -0.480 e. The zero-order chi connectivity index (χ0) is 15.8. The molecule has 0 unspecified atom stereocenters. The van der Waals surface area contributed by atoms with Crippen molar-refractivity contribution in [2.75, 3.05) is 0 Å². The van der Waals surface area contributed by atoms with Gasteiger partial charge in [0.05, 0.1) is 0 Å². The Hall–Kier alpha value is -2.69. The van der Waals surface area contributed by atoms with Gasteiger partial charge in [-0.25, -0.2) is 9.67 Å². The maximum Gasteiger partial charge on any atom is 0.325 e. The van der Waals surface area contributed by atoms with Gasteiger partial charge in [-0.2, -0.15) is 10.2 Å². The van der Waals surface area contributed by atoms with Gasteiger partial charge in [-0.15, -0.1) is 0 Å². The zero-order valence-electron chi connectivity index (χ0n) is 12.0. The third kappa shape index (κ3) is 2.91. The molecule has 1 N–H and O–H groups in total. The SMILES string of the molecule is CC(C)(C)Cn1c2nc(C#N)ncc2c(=O)n1CC(=O)O. The fourth-order valence-corrected chi connectivity index (χ4v) is 2.03. The van der Waals surface area contributed by atoms with E-state index in [-0.39, 0.29) is 22.3 Å². The fourth-order valence-electron chi connectivity index (χ4n) is 2.03. The van der Waals surface area contributed by atoms with Crippen molar-refractivity contribution < 1.29 is 9.90 Å². The molecule has 0 bridgehead atoms. The zero-order valence-corrected chi connectivity index (χ0v) is 12.0. The molecule has 0 radical (unpaired) electrons. The van der Waals surface area contributed by atoms with Crippen LogP contribution in [-0.2, 0) is 17.9 Å². The molecule has 0 saturated heterocycles. The maximum absolute atomic E-state index is 12.3. The highest BCUT2D eigenvalue weighted by atomic mass is 16.4. The Labute approximate surface area is 120 Å². The number of nitrogens with zero attached hydrogens (tertiary/aromatic N) is 5. The van der Waals surface area contributed by atoms with Crippen LogP contribution in [0, 0.1) is 16.7 Å². The minimum absolute atomic E-state index is 0.0577. The highest BCUT2D eigenvalue weighted by molar-refractivity contribution is 5.75. The average Bonchev–Trinajstić information content (AvgIpc) is 2.61. The quantitative estimate of drug-likeness (QED) is 0.884. The summed E-state index contributed by atoms with van der Waals surface area (Å²) >= 11 is 0. The molecule has 8 nitrogen and oxygen atoms in total. The van der Waals surface area contributed by atoms with E-state index in [4.69, 9.17) is 10.4 Å². The molecule has 21 heavy (non-hydrogen) atoms. The van der Waals surface area contributed by atoms with E-state index in [2.05, 4.69) is 9.97 Å². The van der Waals surface area contributed by atoms with Gasteiger partial charge in [0.25, 0.3) is 5.56 Å². The fraction of sp³-hybridized carbons (Fsp3) is 0.462. The number of fused-ring (bicyclic) bond motifs is 1. The number of hydrogen-bond donors (Lipinski definition) is 1. The lowest BCUT2D eigenvalue weighted by atomic mass is 9.97. The van der Waals surface area contributed by atoms with E-state index in [1.807, 2.05) is 26.8 Å². The molecule has 2 aromatic rings. The van der Waals surface area contributed by atoms with Crippen molar-refractivity contribution in [3.05, 3.63) is 22.4 Å². The lowest BCUT2D eigenvalue weighted by Gasteiger charge is -2.21. The largest absolute Gasteiger partial charge is 0.480 e. The molecule has 0 fully saturated rings. The third-order valence-corrected chi connectivity index (χ3v) is 2.78. The molecular weight excluding hydrogens is 274 g/mol. The average molecular weight is 289 g/mol. The second-order valence-electron chi connectivity index (χ2n) is 5.92. The van der Waals surface area contributed by atoms with Gasteiger partial charge in [-0.3, -0.25) is 14.3 Å². The van der Waals surface area contributed by atoms with Crippen LogP contribution < -0.4 is 5.56 Å². The predicted octanol–water partition coefficient (Wildman–Crippen LogP) is 0.595. The summed E-state index contributed by atoms with van der Waals surface area (Å²) in [5.74, 6) is -1.18. The lowest BCUT2D eigenvalue weighted by molar-refractivity contribution is -0.138. The molecule has 0 aliphatic heterocycles. The Morgan fingerprint density at radius 2 is 2.10 bits per heavy atom. The van der Waals surface area contributed by atoms with Gasteiger partial charge in [-0.05, 0) is 5.41 Å². The number of rotatable bonds is 3. The third-order valence-electron chi connectivity index (χ3n) is 2.78. The van der Waals surface area contributed by atoms with Gasteiger partial charge in [0.15, 0.2) is 5.65 Å². The number of aliphatic carboxylic acids is 1. The molecule has 110 valence electrons. The van der Waals surface area contributed by atoms with Crippen LogP contribution in [0.25, 0.3) is 11.0 Å². The standard InChI is InChI=1S/C13H15N5O3/c1-13(2,3)7-18-11-8(5-15-9(4-14)16-11)12(21)17(18)6-10(19)20/h5H,6-7H2,1-3H3,(H,19,20). The maximum atomic E-state index is 12.3. The number of nitriles is 1. The first-order valence-corrected chi connectivity index (χ1v) is 6.31. The first-order valence-electron chi connectivity index (χ1n) is 6.31. The summed E-state index contributed by atoms with van der Waals surface area (Å²) in [6.45, 7) is 5.80. The summed E-state index contributed by atoms with van der Waals surface area (Å²) in [6, 6.07) is 1.82. The molecule has 0 aromatic carbocycles. The number of carbonyl (C=O) groups is 1. The molecule has 0 aliphatic rings. The number of carboxylic acid groups (broad SMARTS) is 1. The molecule has 0 aliphatic carbocycles. The minimum atomic E-state index is -1.12. The summed E-state index contributed by atoms with van der Waals surface area (Å²) in [7, 11) is 0. The Morgan fingerprint density at radius 1 is 1.43 bits per heavy atom. The summed E-state index contributed by atoms with van der Waals surface area (Å²) < 4.78 is 2.63.